The molecule has 0 radical (unpaired) electrons. The highest BCUT2D eigenvalue weighted by Gasteiger charge is 2.28. The van der Waals surface area contributed by atoms with Crippen LogP contribution in [0.1, 0.15) is 162 Å². The number of carboxylic acid groups (broad SMARTS) is 1. The average molecular weight is 744 g/mol. The van der Waals surface area contributed by atoms with Gasteiger partial charge in [0.1, 0.15) is 12.6 Å². The number of carboxylic acids is 1. The topological polar surface area (TPSA) is 172 Å². The maximum atomic E-state index is 12.6. The lowest BCUT2D eigenvalue weighted by Crippen LogP contribution is -2.34. The number of esters is 2. The molecule has 0 aliphatic rings. The number of carbonyl (C=O) groups excluding carboxylic acids is 2. The van der Waals surface area contributed by atoms with E-state index in [1.54, 1.807) is 0 Å². The highest BCUT2D eigenvalue weighted by molar-refractivity contribution is 7.47. The van der Waals surface area contributed by atoms with Gasteiger partial charge in [-0.3, -0.25) is 23.4 Å². The van der Waals surface area contributed by atoms with Crippen LogP contribution in [0, 0.1) is 0 Å². The normalized spacial score (nSPS) is 14.3. The molecule has 0 bridgehead atoms. The molecule has 0 aromatic rings. The second-order valence-corrected chi connectivity index (χ2v) is 14.5. The summed E-state index contributed by atoms with van der Waals surface area (Å²) >= 11 is 0. The molecule has 0 aliphatic heterocycles. The summed E-state index contributed by atoms with van der Waals surface area (Å²) in [4.78, 5) is 45.8. The highest BCUT2D eigenvalue weighted by atomic mass is 31.2. The van der Waals surface area contributed by atoms with Gasteiger partial charge in [-0.1, -0.05) is 121 Å². The van der Waals surface area contributed by atoms with Crippen molar-refractivity contribution in [3.05, 3.63) is 36.5 Å². The van der Waals surface area contributed by atoms with Gasteiger partial charge in [0.15, 0.2) is 6.10 Å². The van der Waals surface area contributed by atoms with Gasteiger partial charge in [0.25, 0.3) is 0 Å². The van der Waals surface area contributed by atoms with E-state index in [1.807, 2.05) is 0 Å². The molecule has 4 N–H and O–H groups in total. The fourth-order valence-electron chi connectivity index (χ4n) is 4.96. The third-order valence-electron chi connectivity index (χ3n) is 8.11. The largest absolute Gasteiger partial charge is 0.480 e. The average Bonchev–Trinajstić information content (AvgIpc) is 3.10. The van der Waals surface area contributed by atoms with Crippen LogP contribution in [0.5, 0.6) is 0 Å². The van der Waals surface area contributed by atoms with Crippen molar-refractivity contribution in [1.82, 2.24) is 0 Å². The molecule has 3 unspecified atom stereocenters. The molecule has 3 atom stereocenters. The van der Waals surface area contributed by atoms with E-state index in [0.717, 1.165) is 83.5 Å². The van der Waals surface area contributed by atoms with E-state index in [4.69, 9.17) is 24.8 Å². The van der Waals surface area contributed by atoms with Gasteiger partial charge in [-0.25, -0.2) is 4.57 Å². The van der Waals surface area contributed by atoms with Gasteiger partial charge in [0, 0.05) is 12.8 Å². The lowest BCUT2D eigenvalue weighted by molar-refractivity contribution is -0.161. The maximum absolute atomic E-state index is 12.6. The zero-order chi connectivity index (χ0) is 37.8. The van der Waals surface area contributed by atoms with Gasteiger partial charge in [0.05, 0.1) is 13.2 Å². The Balaban J connectivity index is 4.47. The lowest BCUT2D eigenvalue weighted by Gasteiger charge is -2.20. The van der Waals surface area contributed by atoms with E-state index in [2.05, 4.69) is 54.8 Å². The minimum Gasteiger partial charge on any atom is -0.480 e. The summed E-state index contributed by atoms with van der Waals surface area (Å²) < 4.78 is 32.5. The van der Waals surface area contributed by atoms with E-state index in [-0.39, 0.29) is 19.4 Å². The van der Waals surface area contributed by atoms with Gasteiger partial charge in [0.2, 0.25) is 0 Å². The molecule has 0 saturated carbocycles. The van der Waals surface area contributed by atoms with Crippen LogP contribution in [-0.4, -0.2) is 59.9 Å². The third kappa shape index (κ3) is 34.5. The molecule has 0 amide bonds. The van der Waals surface area contributed by atoms with Gasteiger partial charge >= 0.3 is 25.7 Å². The van der Waals surface area contributed by atoms with Crippen molar-refractivity contribution in [2.75, 3.05) is 19.8 Å². The smallest absolute Gasteiger partial charge is 0.472 e. The summed E-state index contributed by atoms with van der Waals surface area (Å²) in [6, 6.07) is -1.52. The molecular formula is C39H70NO10P. The number of unbranched alkanes of at least 4 members (excludes halogenated alkanes) is 16. The highest BCUT2D eigenvalue weighted by Crippen LogP contribution is 2.43. The molecule has 0 aromatic heterocycles. The predicted octanol–water partition coefficient (Wildman–Crippen LogP) is 9.67. The minimum atomic E-state index is -4.71. The summed E-state index contributed by atoms with van der Waals surface area (Å²) in [6.07, 6.45) is 35.0. The van der Waals surface area contributed by atoms with E-state index >= 15 is 0 Å². The van der Waals surface area contributed by atoms with Crippen LogP contribution in [-0.2, 0) is 37.5 Å². The van der Waals surface area contributed by atoms with Crippen LogP contribution in [0.2, 0.25) is 0 Å². The second kappa shape index (κ2) is 34.8. The van der Waals surface area contributed by atoms with E-state index < -0.39 is 51.1 Å². The first-order valence-corrected chi connectivity index (χ1v) is 21.0. The van der Waals surface area contributed by atoms with E-state index in [1.165, 1.54) is 38.5 Å². The summed E-state index contributed by atoms with van der Waals surface area (Å²) in [5.74, 6) is -2.41. The molecule has 0 aromatic carbocycles. The Morgan fingerprint density at radius 3 is 1.61 bits per heavy atom. The van der Waals surface area contributed by atoms with Crippen molar-refractivity contribution in [3.63, 3.8) is 0 Å². The molecule has 0 aliphatic carbocycles. The number of phosphoric ester groups is 1. The molecule has 51 heavy (non-hydrogen) atoms. The molecule has 296 valence electrons. The van der Waals surface area contributed by atoms with Crippen LogP contribution in [0.25, 0.3) is 0 Å². The number of hydrogen-bond donors (Lipinski definition) is 3. The van der Waals surface area contributed by atoms with Crippen LogP contribution in [0.4, 0.5) is 0 Å². The SMILES string of the molecule is CCCC/C=C\C/C=C\CCCCCCCC(=O)OC(COC(=O)CCCCCCC/C=C\CCCCCC)COP(=O)(O)OCC(N)C(=O)O. The number of phosphoric acid groups is 1. The Morgan fingerprint density at radius 2 is 1.06 bits per heavy atom. The predicted molar refractivity (Wildman–Crippen MR) is 203 cm³/mol. The van der Waals surface area contributed by atoms with Crippen LogP contribution in [0.3, 0.4) is 0 Å². The van der Waals surface area contributed by atoms with Crippen LogP contribution in [0.15, 0.2) is 36.5 Å². The molecule has 0 spiro atoms. The molecular weight excluding hydrogens is 673 g/mol. The molecule has 0 heterocycles. The van der Waals surface area contributed by atoms with E-state index in [9.17, 15) is 23.8 Å². The van der Waals surface area contributed by atoms with Crippen molar-refractivity contribution >= 4 is 25.7 Å². The van der Waals surface area contributed by atoms with Crippen LogP contribution >= 0.6 is 7.82 Å². The number of hydrogen-bond acceptors (Lipinski definition) is 9. The Labute approximate surface area is 308 Å². The molecule has 0 rings (SSSR count). The first kappa shape index (κ1) is 48.7. The van der Waals surface area contributed by atoms with Gasteiger partial charge in [-0.15, -0.1) is 0 Å². The first-order chi connectivity index (χ1) is 24.6. The second-order valence-electron chi connectivity index (χ2n) is 13.1. The Kier molecular flexibility index (Phi) is 33.2. The fourth-order valence-corrected chi connectivity index (χ4v) is 5.73. The van der Waals surface area contributed by atoms with Gasteiger partial charge < -0.3 is 25.2 Å². The summed E-state index contributed by atoms with van der Waals surface area (Å²) in [5, 5.41) is 8.86. The zero-order valence-corrected chi connectivity index (χ0v) is 32.6. The number of nitrogens with two attached hydrogens (primary N) is 1. The lowest BCUT2D eigenvalue weighted by atomic mass is 10.1. The molecule has 12 heteroatoms. The Morgan fingerprint density at radius 1 is 0.608 bits per heavy atom. The van der Waals surface area contributed by atoms with Crippen molar-refractivity contribution in [3.8, 4) is 0 Å². The summed E-state index contributed by atoms with van der Waals surface area (Å²) in [6.45, 7) is 2.70. The van der Waals surface area contributed by atoms with Crippen molar-refractivity contribution in [2.45, 2.75) is 174 Å². The van der Waals surface area contributed by atoms with Crippen molar-refractivity contribution in [1.29, 1.82) is 0 Å². The molecule has 11 nitrogen and oxygen atoms in total. The Bertz CT molecular complexity index is 1020. The number of carbonyl (C=O) groups is 3. The van der Waals surface area contributed by atoms with Crippen molar-refractivity contribution in [2.24, 2.45) is 5.73 Å². The monoisotopic (exact) mass is 743 g/mol. The maximum Gasteiger partial charge on any atom is 0.472 e. The van der Waals surface area contributed by atoms with E-state index in [0.29, 0.717) is 12.8 Å². The molecule has 0 fully saturated rings. The quantitative estimate of drug-likeness (QED) is 0.0241. The number of allylic oxidation sites excluding steroid dienone is 6. The summed E-state index contributed by atoms with van der Waals surface area (Å²) in [5.41, 5.74) is 5.31. The van der Waals surface area contributed by atoms with Crippen molar-refractivity contribution < 1.29 is 47.5 Å². The zero-order valence-electron chi connectivity index (χ0n) is 31.7. The standard InChI is InChI=1S/C39H70NO10P/c1-3-5-7-9-11-13-15-17-19-21-23-25-27-29-31-38(42)50-35(33-48-51(45,46)49-34-36(40)39(43)44)32-47-37(41)30-28-26-24-22-20-18-16-14-12-10-8-6-4-2/h9,11,14-17,35-36H,3-8,10,12-13,18-34,40H2,1-2H3,(H,43,44)(H,45,46)/b11-9-,16-14-,17-15-. The number of ether oxygens (including phenoxy) is 2. The van der Waals surface area contributed by atoms with Crippen LogP contribution < -0.4 is 5.73 Å². The van der Waals surface area contributed by atoms with Gasteiger partial charge in [-0.05, 0) is 64.2 Å². The number of aliphatic carboxylic acids is 1. The minimum absolute atomic E-state index is 0.143. The fraction of sp³-hybridized carbons (Fsp3) is 0.769. The number of rotatable bonds is 36. The summed E-state index contributed by atoms with van der Waals surface area (Å²) in [7, 11) is -4.71. The first-order valence-electron chi connectivity index (χ1n) is 19.5. The van der Waals surface area contributed by atoms with Gasteiger partial charge in [-0.2, -0.15) is 0 Å². The Hall–Kier alpha value is -2.30. The third-order valence-corrected chi connectivity index (χ3v) is 9.06. The molecule has 0 saturated heterocycles.